The highest BCUT2D eigenvalue weighted by Crippen LogP contribution is 2.15. The molecule has 5 heteroatoms. The summed E-state index contributed by atoms with van der Waals surface area (Å²) in [5.74, 6) is -0.585. The van der Waals surface area contributed by atoms with Gasteiger partial charge in [0.05, 0.1) is 24.7 Å². The number of carboxylic acids is 1. The molecule has 120 valence electrons. The average Bonchev–Trinajstić information content (AvgIpc) is 2.60. The second-order valence-electron chi connectivity index (χ2n) is 4.95. The molecule has 24 heavy (non-hydrogen) atoms. The molecule has 0 aliphatic heterocycles. The Morgan fingerprint density at radius 1 is 1.17 bits per heavy atom. The van der Waals surface area contributed by atoms with Crippen LogP contribution in [0.25, 0.3) is 6.08 Å². The molecule has 0 bridgehead atoms. The fourth-order valence-corrected chi connectivity index (χ4v) is 1.97. The molecule has 0 spiro atoms. The quantitative estimate of drug-likeness (QED) is 0.624. The molecule has 1 N–H and O–H groups in total. The van der Waals surface area contributed by atoms with Crippen LogP contribution in [0.15, 0.2) is 54.6 Å². The third-order valence-corrected chi connectivity index (χ3v) is 3.15. The van der Waals surface area contributed by atoms with E-state index in [2.05, 4.69) is 0 Å². The van der Waals surface area contributed by atoms with Crippen LogP contribution in [0, 0.1) is 11.3 Å². The Bertz CT molecular complexity index is 818. The average molecular weight is 321 g/mol. The molecule has 0 saturated heterocycles. The Labute approximate surface area is 139 Å². The molecule has 2 aromatic rings. The molecule has 2 rings (SSSR count). The third kappa shape index (κ3) is 5.11. The van der Waals surface area contributed by atoms with Crippen molar-refractivity contribution in [1.82, 2.24) is 0 Å². The second-order valence-corrected chi connectivity index (χ2v) is 4.95. The van der Waals surface area contributed by atoms with Crippen molar-refractivity contribution in [3.05, 3.63) is 71.3 Å². The van der Waals surface area contributed by atoms with Gasteiger partial charge in [-0.1, -0.05) is 30.3 Å². The lowest BCUT2D eigenvalue weighted by molar-refractivity contribution is -0.137. The smallest absolute Gasteiger partial charge is 0.306 e. The second kappa shape index (κ2) is 8.30. The number of nitriles is 1. The summed E-state index contributed by atoms with van der Waals surface area (Å²) in [4.78, 5) is 22.6. The van der Waals surface area contributed by atoms with Crippen molar-refractivity contribution < 1.29 is 19.4 Å². The van der Waals surface area contributed by atoms with E-state index in [0.29, 0.717) is 16.9 Å². The predicted octanol–water partition coefficient (Wildman–Crippen LogP) is 3.31. The number of nitrogens with zero attached hydrogens (tertiary/aromatic N) is 1. The summed E-state index contributed by atoms with van der Waals surface area (Å²) in [5.41, 5.74) is 1.63. The van der Waals surface area contributed by atoms with Gasteiger partial charge in [-0.15, -0.1) is 0 Å². The molecule has 0 aromatic heterocycles. The minimum atomic E-state index is -0.920. The van der Waals surface area contributed by atoms with Gasteiger partial charge < -0.3 is 9.84 Å². The molecule has 0 aliphatic carbocycles. The summed E-state index contributed by atoms with van der Waals surface area (Å²) in [6.45, 7) is 0.0857. The number of rotatable bonds is 7. The highest BCUT2D eigenvalue weighted by atomic mass is 16.5. The summed E-state index contributed by atoms with van der Waals surface area (Å²) < 4.78 is 5.34. The lowest BCUT2D eigenvalue weighted by Gasteiger charge is -2.05. The first-order chi connectivity index (χ1) is 11.6. The zero-order valence-electron chi connectivity index (χ0n) is 12.8. The standard InChI is InChI=1S/C19H15NO4/c20-13-15-4-1-5-16(11-15)18(21)8-7-14-3-2-6-17(12-14)24-10-9-19(22)23/h1-8,11-12H,9-10H2,(H,22,23)/b8-7-. The first kappa shape index (κ1) is 17.0. The highest BCUT2D eigenvalue weighted by Gasteiger charge is 2.03. The fourth-order valence-electron chi connectivity index (χ4n) is 1.97. The van der Waals surface area contributed by atoms with E-state index in [9.17, 15) is 9.59 Å². The van der Waals surface area contributed by atoms with Crippen LogP contribution < -0.4 is 4.74 Å². The zero-order valence-corrected chi connectivity index (χ0v) is 12.8. The fraction of sp³-hybridized carbons (Fsp3) is 0.105. The number of hydrogen-bond acceptors (Lipinski definition) is 4. The largest absolute Gasteiger partial charge is 0.493 e. The SMILES string of the molecule is N#Cc1cccc(C(=O)/C=C\c2cccc(OCCC(=O)O)c2)c1. The van der Waals surface area contributed by atoms with Gasteiger partial charge >= 0.3 is 5.97 Å². The number of allylic oxidation sites excluding steroid dienone is 1. The van der Waals surface area contributed by atoms with E-state index in [0.717, 1.165) is 5.56 Å². The van der Waals surface area contributed by atoms with Gasteiger partial charge in [0.2, 0.25) is 0 Å². The zero-order chi connectivity index (χ0) is 17.4. The summed E-state index contributed by atoms with van der Waals surface area (Å²) >= 11 is 0. The van der Waals surface area contributed by atoms with Gasteiger partial charge in [-0.2, -0.15) is 5.26 Å². The van der Waals surface area contributed by atoms with Crippen LogP contribution in [-0.2, 0) is 4.79 Å². The molecular weight excluding hydrogens is 306 g/mol. The number of carboxylic acid groups (broad SMARTS) is 1. The number of aliphatic carboxylic acids is 1. The summed E-state index contributed by atoms with van der Waals surface area (Å²) in [6.07, 6.45) is 2.99. The van der Waals surface area contributed by atoms with Crippen molar-refractivity contribution in [2.24, 2.45) is 0 Å². The van der Waals surface area contributed by atoms with Gasteiger partial charge in [0.15, 0.2) is 5.78 Å². The molecule has 0 radical (unpaired) electrons. The van der Waals surface area contributed by atoms with Crippen molar-refractivity contribution in [2.75, 3.05) is 6.61 Å². The minimum absolute atomic E-state index is 0.0756. The number of ether oxygens (including phenoxy) is 1. The molecule has 2 aromatic carbocycles. The van der Waals surface area contributed by atoms with E-state index in [4.69, 9.17) is 15.1 Å². The van der Waals surface area contributed by atoms with Crippen LogP contribution in [0.5, 0.6) is 5.75 Å². The molecule has 5 nitrogen and oxygen atoms in total. The van der Waals surface area contributed by atoms with Crippen LogP contribution in [0.2, 0.25) is 0 Å². The Morgan fingerprint density at radius 2 is 1.96 bits per heavy atom. The monoisotopic (exact) mass is 321 g/mol. The van der Waals surface area contributed by atoms with Crippen LogP contribution in [0.1, 0.15) is 27.9 Å². The molecule has 0 aliphatic rings. The van der Waals surface area contributed by atoms with E-state index >= 15 is 0 Å². The van der Waals surface area contributed by atoms with Crippen LogP contribution in [0.4, 0.5) is 0 Å². The van der Waals surface area contributed by atoms with Crippen molar-refractivity contribution in [3.63, 3.8) is 0 Å². The number of carbonyl (C=O) groups is 2. The van der Waals surface area contributed by atoms with E-state index in [-0.39, 0.29) is 18.8 Å². The Morgan fingerprint density at radius 3 is 2.71 bits per heavy atom. The Kier molecular flexibility index (Phi) is 5.87. The maximum Gasteiger partial charge on any atom is 0.306 e. The first-order valence-electron chi connectivity index (χ1n) is 7.26. The van der Waals surface area contributed by atoms with Crippen LogP contribution in [-0.4, -0.2) is 23.5 Å². The minimum Gasteiger partial charge on any atom is -0.493 e. The molecule has 0 amide bonds. The summed E-state index contributed by atoms with van der Waals surface area (Å²) in [5, 5.41) is 17.4. The Hall–Kier alpha value is -3.39. The molecule has 0 fully saturated rings. The number of hydrogen-bond donors (Lipinski definition) is 1. The molecule has 0 unspecified atom stereocenters. The van der Waals surface area contributed by atoms with E-state index in [1.165, 1.54) is 12.1 Å². The third-order valence-electron chi connectivity index (χ3n) is 3.15. The topological polar surface area (TPSA) is 87.4 Å². The van der Waals surface area contributed by atoms with Crippen LogP contribution >= 0.6 is 0 Å². The van der Waals surface area contributed by atoms with E-state index in [1.54, 1.807) is 48.5 Å². The van der Waals surface area contributed by atoms with Crippen molar-refractivity contribution >= 4 is 17.8 Å². The van der Waals surface area contributed by atoms with E-state index < -0.39 is 5.97 Å². The number of ketones is 1. The van der Waals surface area contributed by atoms with Gasteiger partial charge in [-0.3, -0.25) is 9.59 Å². The normalized spacial score (nSPS) is 10.3. The molecule has 0 atom stereocenters. The van der Waals surface area contributed by atoms with Gasteiger partial charge in [0, 0.05) is 5.56 Å². The van der Waals surface area contributed by atoms with Gasteiger partial charge in [0.1, 0.15) is 5.75 Å². The molecular formula is C19H15NO4. The summed E-state index contributed by atoms with van der Waals surface area (Å²) in [6, 6.07) is 15.5. The highest BCUT2D eigenvalue weighted by molar-refractivity contribution is 6.07. The lowest BCUT2D eigenvalue weighted by Crippen LogP contribution is -2.04. The van der Waals surface area contributed by atoms with E-state index in [1.807, 2.05) is 6.07 Å². The van der Waals surface area contributed by atoms with Gasteiger partial charge in [-0.25, -0.2) is 0 Å². The first-order valence-corrected chi connectivity index (χ1v) is 7.26. The van der Waals surface area contributed by atoms with Crippen molar-refractivity contribution in [3.8, 4) is 11.8 Å². The van der Waals surface area contributed by atoms with Crippen LogP contribution in [0.3, 0.4) is 0 Å². The molecule has 0 saturated carbocycles. The van der Waals surface area contributed by atoms with Gasteiger partial charge in [-0.05, 0) is 35.9 Å². The maximum absolute atomic E-state index is 12.1. The number of carbonyl (C=O) groups excluding carboxylic acids is 1. The Balaban J connectivity index is 2.04. The number of benzene rings is 2. The maximum atomic E-state index is 12.1. The molecule has 0 heterocycles. The van der Waals surface area contributed by atoms with Crippen molar-refractivity contribution in [1.29, 1.82) is 5.26 Å². The predicted molar refractivity (Wildman–Crippen MR) is 88.7 cm³/mol. The van der Waals surface area contributed by atoms with Crippen molar-refractivity contribution in [2.45, 2.75) is 6.42 Å². The summed E-state index contributed by atoms with van der Waals surface area (Å²) in [7, 11) is 0. The lowest BCUT2D eigenvalue weighted by atomic mass is 10.1. The van der Waals surface area contributed by atoms with Gasteiger partial charge in [0.25, 0.3) is 0 Å².